The minimum atomic E-state index is -0.445. The zero-order valence-electron chi connectivity index (χ0n) is 15.9. The van der Waals surface area contributed by atoms with Crippen LogP contribution in [0.4, 0.5) is 0 Å². The number of hydrogen-bond acceptors (Lipinski definition) is 4. The molecule has 1 heterocycles. The second kappa shape index (κ2) is 8.84. The fourth-order valence-electron chi connectivity index (χ4n) is 3.09. The van der Waals surface area contributed by atoms with E-state index in [0.29, 0.717) is 22.9 Å². The maximum absolute atomic E-state index is 12.1. The molecular weight excluding hydrogens is 402 g/mol. The summed E-state index contributed by atoms with van der Waals surface area (Å²) in [5.74, 6) is 0.182. The van der Waals surface area contributed by atoms with Crippen molar-refractivity contribution in [3.63, 3.8) is 0 Å². The Morgan fingerprint density at radius 2 is 1.73 bits per heavy atom. The molecule has 1 aromatic heterocycles. The van der Waals surface area contributed by atoms with Crippen molar-refractivity contribution in [1.82, 2.24) is 5.32 Å². The molecule has 0 spiro atoms. The number of amides is 1. The van der Waals surface area contributed by atoms with Gasteiger partial charge in [0.15, 0.2) is 6.61 Å². The number of rotatable bonds is 6. The molecule has 3 aromatic carbocycles. The van der Waals surface area contributed by atoms with Crippen LogP contribution in [0.5, 0.6) is 5.75 Å². The molecule has 150 valence electrons. The fraction of sp³-hybridized carbons (Fsp3) is 0.0833. The molecule has 6 heteroatoms. The summed E-state index contributed by atoms with van der Waals surface area (Å²) in [6, 6.07) is 23.5. The number of carbonyl (C=O) groups is 1. The molecule has 0 saturated carbocycles. The Morgan fingerprint density at radius 1 is 0.967 bits per heavy atom. The lowest BCUT2D eigenvalue weighted by atomic mass is 10.0. The number of fused-ring (bicyclic) bond motifs is 1. The van der Waals surface area contributed by atoms with Crippen molar-refractivity contribution >= 4 is 28.5 Å². The highest BCUT2D eigenvalue weighted by molar-refractivity contribution is 6.30. The lowest BCUT2D eigenvalue weighted by Crippen LogP contribution is -2.28. The first-order valence-electron chi connectivity index (χ1n) is 9.36. The third kappa shape index (κ3) is 4.70. The lowest BCUT2D eigenvalue weighted by Gasteiger charge is -2.10. The average Bonchev–Trinajstić information content (AvgIpc) is 2.77. The van der Waals surface area contributed by atoms with Gasteiger partial charge in [-0.1, -0.05) is 54.1 Å². The van der Waals surface area contributed by atoms with Crippen LogP contribution in [0, 0.1) is 0 Å². The predicted octanol–water partition coefficient (Wildman–Crippen LogP) is 4.81. The van der Waals surface area contributed by atoms with Crippen LogP contribution in [0.25, 0.3) is 22.1 Å². The molecule has 0 aliphatic heterocycles. The Bertz CT molecular complexity index is 1230. The maximum atomic E-state index is 12.1. The van der Waals surface area contributed by atoms with Crippen molar-refractivity contribution < 1.29 is 13.9 Å². The van der Waals surface area contributed by atoms with Crippen LogP contribution in [0.3, 0.4) is 0 Å². The van der Waals surface area contributed by atoms with Gasteiger partial charge in [0.25, 0.3) is 5.91 Å². The van der Waals surface area contributed by atoms with Gasteiger partial charge in [-0.3, -0.25) is 4.79 Å². The molecule has 0 radical (unpaired) electrons. The van der Waals surface area contributed by atoms with E-state index in [-0.39, 0.29) is 12.5 Å². The zero-order chi connectivity index (χ0) is 20.9. The van der Waals surface area contributed by atoms with Crippen LogP contribution < -0.4 is 15.7 Å². The summed E-state index contributed by atoms with van der Waals surface area (Å²) in [7, 11) is 0. The molecule has 0 fully saturated rings. The Hall–Kier alpha value is -3.57. The molecule has 4 rings (SSSR count). The SMILES string of the molecule is O=C(COc1ccc2c(-c3ccccc3)cc(=O)oc2c1)NCc1ccc(Cl)cc1. The van der Waals surface area contributed by atoms with Crippen molar-refractivity contribution in [3.05, 3.63) is 99.9 Å². The molecule has 1 amide bonds. The highest BCUT2D eigenvalue weighted by Crippen LogP contribution is 2.29. The highest BCUT2D eigenvalue weighted by Gasteiger charge is 2.10. The molecule has 30 heavy (non-hydrogen) atoms. The van der Waals surface area contributed by atoms with Crippen LogP contribution in [0.15, 0.2) is 88.1 Å². The molecule has 0 aliphatic carbocycles. The van der Waals surface area contributed by atoms with Gasteiger partial charge in [-0.15, -0.1) is 0 Å². The van der Waals surface area contributed by atoms with Gasteiger partial charge in [0, 0.05) is 29.1 Å². The largest absolute Gasteiger partial charge is 0.484 e. The van der Waals surface area contributed by atoms with Crippen LogP contribution in [-0.4, -0.2) is 12.5 Å². The van der Waals surface area contributed by atoms with Crippen molar-refractivity contribution in [2.75, 3.05) is 6.61 Å². The third-order valence-electron chi connectivity index (χ3n) is 4.57. The number of benzene rings is 3. The van der Waals surface area contributed by atoms with E-state index in [1.54, 1.807) is 24.3 Å². The van der Waals surface area contributed by atoms with E-state index in [2.05, 4.69) is 5.32 Å². The summed E-state index contributed by atoms with van der Waals surface area (Å²) >= 11 is 5.85. The quantitative estimate of drug-likeness (QED) is 0.455. The molecule has 5 nitrogen and oxygen atoms in total. The van der Waals surface area contributed by atoms with E-state index < -0.39 is 5.63 Å². The van der Waals surface area contributed by atoms with Gasteiger partial charge in [0.05, 0.1) is 0 Å². The summed E-state index contributed by atoms with van der Waals surface area (Å²) in [5, 5.41) is 4.22. The summed E-state index contributed by atoms with van der Waals surface area (Å²) in [6.07, 6.45) is 0. The first kappa shape index (κ1) is 19.7. The van der Waals surface area contributed by atoms with Crippen LogP contribution in [-0.2, 0) is 11.3 Å². The summed E-state index contributed by atoms with van der Waals surface area (Å²) in [6.45, 7) is 0.230. The fourth-order valence-corrected chi connectivity index (χ4v) is 3.22. The van der Waals surface area contributed by atoms with E-state index >= 15 is 0 Å². The smallest absolute Gasteiger partial charge is 0.336 e. The van der Waals surface area contributed by atoms with Gasteiger partial charge in [-0.25, -0.2) is 4.79 Å². The van der Waals surface area contributed by atoms with Crippen molar-refractivity contribution in [1.29, 1.82) is 0 Å². The molecule has 0 saturated heterocycles. The van der Waals surface area contributed by atoms with Crippen molar-refractivity contribution in [2.45, 2.75) is 6.54 Å². The van der Waals surface area contributed by atoms with Gasteiger partial charge < -0.3 is 14.5 Å². The van der Waals surface area contributed by atoms with E-state index in [0.717, 1.165) is 22.1 Å². The number of ether oxygens (including phenoxy) is 1. The van der Waals surface area contributed by atoms with Crippen molar-refractivity contribution in [3.8, 4) is 16.9 Å². The standard InChI is InChI=1S/C24H18ClNO4/c25-18-8-6-16(7-9-18)14-26-23(27)15-29-19-10-11-20-21(17-4-2-1-3-5-17)13-24(28)30-22(20)12-19/h1-13H,14-15H2,(H,26,27). The first-order chi connectivity index (χ1) is 14.6. The zero-order valence-corrected chi connectivity index (χ0v) is 16.7. The van der Waals surface area contributed by atoms with Gasteiger partial charge in [0.1, 0.15) is 11.3 Å². The van der Waals surface area contributed by atoms with Gasteiger partial charge in [-0.2, -0.15) is 0 Å². The number of nitrogens with one attached hydrogen (secondary N) is 1. The normalized spacial score (nSPS) is 10.7. The summed E-state index contributed by atoms with van der Waals surface area (Å²) in [5.41, 5.74) is 2.60. The van der Waals surface area contributed by atoms with E-state index in [4.69, 9.17) is 20.8 Å². The lowest BCUT2D eigenvalue weighted by molar-refractivity contribution is -0.123. The first-order valence-corrected chi connectivity index (χ1v) is 9.73. The van der Waals surface area contributed by atoms with E-state index in [1.807, 2.05) is 48.5 Å². The molecule has 1 N–H and O–H groups in total. The topological polar surface area (TPSA) is 68.5 Å². The molecule has 0 bridgehead atoms. The summed E-state index contributed by atoms with van der Waals surface area (Å²) in [4.78, 5) is 24.1. The molecule has 0 unspecified atom stereocenters. The van der Waals surface area contributed by atoms with Crippen LogP contribution >= 0.6 is 11.6 Å². The monoisotopic (exact) mass is 419 g/mol. The minimum absolute atomic E-state index is 0.151. The van der Waals surface area contributed by atoms with E-state index in [9.17, 15) is 9.59 Å². The van der Waals surface area contributed by atoms with Gasteiger partial charge in [-0.05, 0) is 41.0 Å². The number of halogens is 1. The van der Waals surface area contributed by atoms with Gasteiger partial charge in [0.2, 0.25) is 0 Å². The Labute approximate surface area is 177 Å². The number of hydrogen-bond donors (Lipinski definition) is 1. The minimum Gasteiger partial charge on any atom is -0.484 e. The van der Waals surface area contributed by atoms with Crippen molar-refractivity contribution in [2.24, 2.45) is 0 Å². The van der Waals surface area contributed by atoms with Crippen LogP contribution in [0.1, 0.15) is 5.56 Å². The molecule has 0 atom stereocenters. The second-order valence-electron chi connectivity index (χ2n) is 6.69. The Kier molecular flexibility index (Phi) is 5.82. The van der Waals surface area contributed by atoms with Crippen LogP contribution in [0.2, 0.25) is 5.02 Å². The second-order valence-corrected chi connectivity index (χ2v) is 7.13. The summed E-state index contributed by atoms with van der Waals surface area (Å²) < 4.78 is 10.9. The average molecular weight is 420 g/mol. The maximum Gasteiger partial charge on any atom is 0.336 e. The highest BCUT2D eigenvalue weighted by atomic mass is 35.5. The molecular formula is C24H18ClNO4. The molecule has 4 aromatic rings. The Morgan fingerprint density at radius 3 is 2.50 bits per heavy atom. The predicted molar refractivity (Wildman–Crippen MR) is 117 cm³/mol. The van der Waals surface area contributed by atoms with Gasteiger partial charge >= 0.3 is 5.63 Å². The Balaban J connectivity index is 1.45. The number of carbonyl (C=O) groups excluding carboxylic acids is 1. The third-order valence-corrected chi connectivity index (χ3v) is 4.83. The molecule has 0 aliphatic rings. The van der Waals surface area contributed by atoms with E-state index in [1.165, 1.54) is 6.07 Å².